The molecular weight excluding hydrogens is 902 g/mol. The van der Waals surface area contributed by atoms with Gasteiger partial charge in [-0.15, -0.1) is 11.3 Å². The Hall–Kier alpha value is -6.82. The number of aryl methyl sites for hydroxylation is 1. The molecule has 364 valence electrons. The molecule has 0 fully saturated rings. The summed E-state index contributed by atoms with van der Waals surface area (Å²) in [6.07, 6.45) is 0. The summed E-state index contributed by atoms with van der Waals surface area (Å²) in [4.78, 5) is 5.27. The van der Waals surface area contributed by atoms with E-state index in [9.17, 15) is 0 Å². The quantitative estimate of drug-likeness (QED) is 0.159. The van der Waals surface area contributed by atoms with Crippen molar-refractivity contribution in [2.24, 2.45) is 7.05 Å². The van der Waals surface area contributed by atoms with Crippen molar-refractivity contribution in [2.45, 2.75) is 111 Å². The van der Waals surface area contributed by atoms with E-state index in [0.29, 0.717) is 6.54 Å². The number of anilines is 5. The first-order chi connectivity index (χ1) is 34.6. The maximum atomic E-state index is 2.65. The van der Waals surface area contributed by atoms with Crippen molar-refractivity contribution < 1.29 is 0 Å². The van der Waals surface area contributed by atoms with E-state index in [1.807, 2.05) is 11.3 Å². The number of hydrogen-bond donors (Lipinski definition) is 0. The lowest BCUT2D eigenvalue weighted by molar-refractivity contribution is 0.590. The van der Waals surface area contributed by atoms with Crippen LogP contribution in [0.5, 0.6) is 0 Å². The molecule has 0 amide bonds. The lowest BCUT2D eigenvalue weighted by atomic mass is 9.36. The predicted molar refractivity (Wildman–Crippen MR) is 320 cm³/mol. The van der Waals surface area contributed by atoms with Crippen LogP contribution in [-0.4, -0.2) is 11.3 Å². The van der Waals surface area contributed by atoms with Crippen LogP contribution in [0.2, 0.25) is 0 Å². The molecular formula is C68H68BN3S. The average Bonchev–Trinajstić information content (AvgIpc) is 3.87. The van der Waals surface area contributed by atoms with Gasteiger partial charge in [-0.3, -0.25) is 0 Å². The standard InChI is InChI=1S/C68H68BN3S/c1-65(2,3)46-19-16-18-43(36-46)42-25-31-50(32-26-42)72-59-23-17-22-58-62(59)69(64-63(72)54-39-48(67(7,8)9)30-35-61(54)73-64)55-40-49(68(10,11)12)29-34-57(55)71(58)41-45-24-28-47(66(4,5)6)38-53(45)44-27-33-52-51-20-14-15-21-56(51)70(13)60(52)37-44/h14-40H,41H2,1-13H3. The zero-order chi connectivity index (χ0) is 51.1. The van der Waals surface area contributed by atoms with Gasteiger partial charge in [-0.25, -0.2) is 0 Å². The third-order valence-corrected chi connectivity index (χ3v) is 17.4. The second-order valence-electron chi connectivity index (χ2n) is 25.2. The second kappa shape index (κ2) is 16.6. The van der Waals surface area contributed by atoms with E-state index in [0.717, 1.165) is 0 Å². The highest BCUT2D eigenvalue weighted by atomic mass is 32.1. The Balaban J connectivity index is 1.08. The third kappa shape index (κ3) is 7.84. The fourth-order valence-electron chi connectivity index (χ4n) is 11.8. The van der Waals surface area contributed by atoms with Gasteiger partial charge in [0.25, 0.3) is 6.71 Å². The Morgan fingerprint density at radius 1 is 0.452 bits per heavy atom. The van der Waals surface area contributed by atoms with Crippen LogP contribution in [-0.2, 0) is 35.3 Å². The van der Waals surface area contributed by atoms with Gasteiger partial charge in [-0.05, 0) is 137 Å². The number of aromatic nitrogens is 1. The fourth-order valence-corrected chi connectivity index (χ4v) is 13.1. The van der Waals surface area contributed by atoms with E-state index in [1.165, 1.54) is 126 Å². The second-order valence-corrected chi connectivity index (χ2v) is 26.3. The molecule has 0 spiro atoms. The molecule has 0 unspecified atom stereocenters. The number of thiophene rings is 1. The Labute approximate surface area is 438 Å². The summed E-state index contributed by atoms with van der Waals surface area (Å²) in [6, 6.07) is 63.5. The summed E-state index contributed by atoms with van der Waals surface area (Å²) in [7, 11) is 2.21. The van der Waals surface area contributed by atoms with Crippen molar-refractivity contribution >= 4 is 94.1 Å². The van der Waals surface area contributed by atoms with Crippen molar-refractivity contribution in [3.05, 3.63) is 192 Å². The SMILES string of the molecule is Cn1c2ccccc2c2ccc(-c3cc(C(C)(C)C)ccc3CN3c4ccc(C(C)(C)C)cc4B4c5sc6ccc(C(C)(C)C)cc6c5N(c5ccc(-c6cccc(C(C)(C)C)c6)cc5)c5cccc3c54)cc21. The number of para-hydroxylation sites is 1. The number of nitrogens with zero attached hydrogens (tertiary/aromatic N) is 3. The van der Waals surface area contributed by atoms with Crippen LogP contribution in [0.3, 0.4) is 0 Å². The molecule has 12 rings (SSSR count). The van der Waals surface area contributed by atoms with Crippen LogP contribution < -0.4 is 25.5 Å². The van der Waals surface area contributed by atoms with E-state index in [2.05, 4.69) is 268 Å². The van der Waals surface area contributed by atoms with Crippen LogP contribution in [0.15, 0.2) is 164 Å². The summed E-state index contributed by atoms with van der Waals surface area (Å²) >= 11 is 1.99. The van der Waals surface area contributed by atoms with Gasteiger partial charge in [-0.1, -0.05) is 192 Å². The van der Waals surface area contributed by atoms with Gasteiger partial charge in [0.2, 0.25) is 0 Å². The highest BCUT2D eigenvalue weighted by Gasteiger charge is 2.45. The zero-order valence-corrected chi connectivity index (χ0v) is 45.9. The molecule has 8 aromatic carbocycles. The van der Waals surface area contributed by atoms with Crippen molar-refractivity contribution in [3.8, 4) is 22.3 Å². The number of rotatable bonds is 5. The summed E-state index contributed by atoms with van der Waals surface area (Å²) in [5.41, 5.74) is 23.3. The van der Waals surface area contributed by atoms with Crippen molar-refractivity contribution in [2.75, 3.05) is 9.80 Å². The fraction of sp³-hybridized carbons (Fsp3) is 0.265. The van der Waals surface area contributed by atoms with Crippen molar-refractivity contribution in [1.82, 2.24) is 4.57 Å². The molecule has 2 aliphatic rings. The topological polar surface area (TPSA) is 11.4 Å². The Kier molecular flexibility index (Phi) is 10.7. The molecule has 73 heavy (non-hydrogen) atoms. The minimum absolute atomic E-state index is 0.00102. The molecule has 4 heterocycles. The molecule has 0 atom stereocenters. The van der Waals surface area contributed by atoms with Crippen LogP contribution >= 0.6 is 11.3 Å². The van der Waals surface area contributed by atoms with Gasteiger partial charge >= 0.3 is 0 Å². The van der Waals surface area contributed by atoms with Gasteiger partial charge < -0.3 is 14.4 Å². The van der Waals surface area contributed by atoms with Gasteiger partial charge in [0, 0.05) is 73.0 Å². The lowest BCUT2D eigenvalue weighted by Crippen LogP contribution is -2.61. The van der Waals surface area contributed by atoms with E-state index in [1.54, 1.807) is 0 Å². The molecule has 0 aliphatic carbocycles. The maximum Gasteiger partial charge on any atom is 0.264 e. The van der Waals surface area contributed by atoms with Crippen molar-refractivity contribution in [3.63, 3.8) is 0 Å². The zero-order valence-electron chi connectivity index (χ0n) is 45.1. The molecule has 0 saturated heterocycles. The van der Waals surface area contributed by atoms with Gasteiger partial charge in [0.05, 0.1) is 5.69 Å². The number of hydrogen-bond acceptors (Lipinski definition) is 3. The average molecular weight is 970 g/mol. The van der Waals surface area contributed by atoms with Crippen molar-refractivity contribution in [1.29, 1.82) is 0 Å². The van der Waals surface area contributed by atoms with E-state index < -0.39 is 0 Å². The lowest BCUT2D eigenvalue weighted by Gasteiger charge is -2.43. The molecule has 10 aromatic rings. The Morgan fingerprint density at radius 2 is 1.07 bits per heavy atom. The molecule has 0 bridgehead atoms. The van der Waals surface area contributed by atoms with Crippen LogP contribution in [0.4, 0.5) is 28.4 Å². The number of benzene rings is 8. The largest absolute Gasteiger partial charge is 0.344 e. The van der Waals surface area contributed by atoms with Gasteiger partial charge in [-0.2, -0.15) is 0 Å². The molecule has 2 aromatic heterocycles. The first kappa shape index (κ1) is 47.2. The van der Waals surface area contributed by atoms with Crippen LogP contribution in [0.25, 0.3) is 54.1 Å². The Bertz CT molecular complexity index is 3840. The van der Waals surface area contributed by atoms with Crippen LogP contribution in [0, 0.1) is 0 Å². The Morgan fingerprint density at radius 3 is 1.81 bits per heavy atom. The normalized spacial score (nSPS) is 13.8. The highest BCUT2D eigenvalue weighted by Crippen LogP contribution is 2.48. The monoisotopic (exact) mass is 970 g/mol. The maximum absolute atomic E-state index is 2.65. The van der Waals surface area contributed by atoms with E-state index >= 15 is 0 Å². The highest BCUT2D eigenvalue weighted by molar-refractivity contribution is 7.33. The summed E-state index contributed by atoms with van der Waals surface area (Å²) in [5, 5.41) is 3.92. The minimum Gasteiger partial charge on any atom is -0.344 e. The summed E-state index contributed by atoms with van der Waals surface area (Å²) < 4.78 is 5.10. The molecule has 0 saturated carbocycles. The first-order valence-corrected chi connectivity index (χ1v) is 27.2. The molecule has 0 N–H and O–H groups in total. The van der Waals surface area contributed by atoms with Gasteiger partial charge in [0.1, 0.15) is 0 Å². The van der Waals surface area contributed by atoms with E-state index in [4.69, 9.17) is 0 Å². The number of fused-ring (bicyclic) bond motifs is 9. The van der Waals surface area contributed by atoms with Crippen LogP contribution in [0.1, 0.15) is 111 Å². The summed E-state index contributed by atoms with van der Waals surface area (Å²) in [6.45, 7) is 28.7. The predicted octanol–water partition coefficient (Wildman–Crippen LogP) is 17.0. The summed E-state index contributed by atoms with van der Waals surface area (Å²) in [5.74, 6) is 0. The minimum atomic E-state index is -0.0323. The molecule has 5 heteroatoms. The smallest absolute Gasteiger partial charge is 0.264 e. The third-order valence-electron chi connectivity index (χ3n) is 16.1. The molecule has 3 nitrogen and oxygen atoms in total. The molecule has 2 aliphatic heterocycles. The van der Waals surface area contributed by atoms with E-state index in [-0.39, 0.29) is 28.4 Å². The molecule has 0 radical (unpaired) electrons. The van der Waals surface area contributed by atoms with Gasteiger partial charge in [0.15, 0.2) is 0 Å². The first-order valence-electron chi connectivity index (χ1n) is 26.4.